The standard InChI is InChI=1S/C21H22ClN3O4/c1-21(2)24-19(13-5-7-14(22)8-6-13)20(27)25(21)12-18(26)23-15-9-10-16(28-3)17(11-15)29-4/h5-11H,12H2,1-4H3,(H,23,26). The van der Waals surface area contributed by atoms with E-state index in [0.717, 1.165) is 0 Å². The molecule has 1 heterocycles. The van der Waals surface area contributed by atoms with Crippen LogP contribution in [0.4, 0.5) is 5.69 Å². The molecule has 1 aliphatic rings. The van der Waals surface area contributed by atoms with Crippen molar-refractivity contribution < 1.29 is 19.1 Å². The Morgan fingerprint density at radius 2 is 1.76 bits per heavy atom. The van der Waals surface area contributed by atoms with Crippen LogP contribution in [0.1, 0.15) is 19.4 Å². The molecule has 3 rings (SSSR count). The molecule has 2 aromatic carbocycles. The van der Waals surface area contributed by atoms with Crippen LogP contribution < -0.4 is 14.8 Å². The lowest BCUT2D eigenvalue weighted by molar-refractivity contribution is -0.131. The SMILES string of the molecule is COc1ccc(NC(=O)CN2C(=O)C(c3ccc(Cl)cc3)=NC2(C)C)cc1OC. The van der Waals surface area contributed by atoms with E-state index in [1.165, 1.54) is 19.1 Å². The van der Waals surface area contributed by atoms with E-state index in [0.29, 0.717) is 33.5 Å². The summed E-state index contributed by atoms with van der Waals surface area (Å²) in [5, 5.41) is 3.35. The van der Waals surface area contributed by atoms with E-state index in [2.05, 4.69) is 10.3 Å². The molecule has 0 aromatic heterocycles. The number of methoxy groups -OCH3 is 2. The van der Waals surface area contributed by atoms with Crippen molar-refractivity contribution in [2.45, 2.75) is 19.5 Å². The Labute approximate surface area is 174 Å². The van der Waals surface area contributed by atoms with E-state index in [-0.39, 0.29) is 18.4 Å². The zero-order valence-electron chi connectivity index (χ0n) is 16.7. The minimum atomic E-state index is -0.846. The van der Waals surface area contributed by atoms with Gasteiger partial charge in [0, 0.05) is 22.3 Å². The predicted molar refractivity (Wildman–Crippen MR) is 112 cm³/mol. The molecule has 1 aliphatic heterocycles. The van der Waals surface area contributed by atoms with Crippen LogP contribution in [-0.2, 0) is 9.59 Å². The fourth-order valence-electron chi connectivity index (χ4n) is 3.08. The van der Waals surface area contributed by atoms with Gasteiger partial charge in [0.1, 0.15) is 17.9 Å². The normalized spacial score (nSPS) is 15.1. The fraction of sp³-hybridized carbons (Fsp3) is 0.286. The number of rotatable bonds is 6. The van der Waals surface area contributed by atoms with Crippen molar-refractivity contribution in [2.75, 3.05) is 26.1 Å². The van der Waals surface area contributed by atoms with Gasteiger partial charge in [-0.25, -0.2) is 0 Å². The van der Waals surface area contributed by atoms with Gasteiger partial charge in [0.15, 0.2) is 11.5 Å². The molecule has 2 amide bonds. The Bertz CT molecular complexity index is 970. The fourth-order valence-corrected chi connectivity index (χ4v) is 3.20. The van der Waals surface area contributed by atoms with Crippen molar-refractivity contribution in [2.24, 2.45) is 4.99 Å². The van der Waals surface area contributed by atoms with Gasteiger partial charge in [-0.15, -0.1) is 0 Å². The van der Waals surface area contributed by atoms with Crippen molar-refractivity contribution in [1.82, 2.24) is 4.90 Å². The second-order valence-electron chi connectivity index (χ2n) is 6.97. The molecule has 7 nitrogen and oxygen atoms in total. The molecule has 0 radical (unpaired) electrons. The molecule has 0 spiro atoms. The summed E-state index contributed by atoms with van der Waals surface area (Å²) < 4.78 is 10.4. The molecule has 0 fully saturated rings. The number of nitrogens with one attached hydrogen (secondary N) is 1. The number of nitrogens with zero attached hydrogens (tertiary/aromatic N) is 2. The van der Waals surface area contributed by atoms with Gasteiger partial charge in [-0.1, -0.05) is 23.7 Å². The van der Waals surface area contributed by atoms with Crippen molar-refractivity contribution >= 4 is 34.8 Å². The van der Waals surface area contributed by atoms with Crippen LogP contribution in [0.2, 0.25) is 5.02 Å². The minimum absolute atomic E-state index is 0.138. The largest absolute Gasteiger partial charge is 0.493 e. The van der Waals surface area contributed by atoms with E-state index in [1.54, 1.807) is 56.3 Å². The Hall–Kier alpha value is -3.06. The van der Waals surface area contributed by atoms with Crippen molar-refractivity contribution in [3.63, 3.8) is 0 Å². The third-order valence-electron chi connectivity index (χ3n) is 4.58. The van der Waals surface area contributed by atoms with Crippen molar-refractivity contribution in [3.05, 3.63) is 53.1 Å². The van der Waals surface area contributed by atoms with Crippen LogP contribution in [0, 0.1) is 0 Å². The number of hydrogen-bond acceptors (Lipinski definition) is 5. The monoisotopic (exact) mass is 415 g/mol. The van der Waals surface area contributed by atoms with E-state index in [4.69, 9.17) is 21.1 Å². The molecule has 0 bridgehead atoms. The van der Waals surface area contributed by atoms with Crippen LogP contribution in [0.5, 0.6) is 11.5 Å². The first-order chi connectivity index (χ1) is 13.7. The maximum atomic E-state index is 12.9. The van der Waals surface area contributed by atoms with Crippen LogP contribution in [-0.4, -0.2) is 48.9 Å². The lowest BCUT2D eigenvalue weighted by Gasteiger charge is -2.28. The van der Waals surface area contributed by atoms with Crippen molar-refractivity contribution in [1.29, 1.82) is 0 Å². The molecular formula is C21H22ClN3O4. The van der Waals surface area contributed by atoms with Gasteiger partial charge >= 0.3 is 0 Å². The lowest BCUT2D eigenvalue weighted by Crippen LogP contribution is -2.46. The molecule has 0 aliphatic carbocycles. The van der Waals surface area contributed by atoms with Crippen LogP contribution in [0.15, 0.2) is 47.5 Å². The smallest absolute Gasteiger partial charge is 0.275 e. The lowest BCUT2D eigenvalue weighted by atomic mass is 10.1. The average Bonchev–Trinajstić information content (AvgIpc) is 2.92. The Morgan fingerprint density at radius 1 is 1.10 bits per heavy atom. The summed E-state index contributed by atoms with van der Waals surface area (Å²) in [6.45, 7) is 3.44. The Kier molecular flexibility index (Phi) is 5.79. The first kappa shape index (κ1) is 20.7. The second-order valence-corrected chi connectivity index (χ2v) is 7.41. The van der Waals surface area contributed by atoms with Crippen LogP contribution in [0.25, 0.3) is 0 Å². The van der Waals surface area contributed by atoms with E-state index >= 15 is 0 Å². The summed E-state index contributed by atoms with van der Waals surface area (Å²) in [6, 6.07) is 11.9. The highest BCUT2D eigenvalue weighted by atomic mass is 35.5. The molecule has 0 saturated heterocycles. The summed E-state index contributed by atoms with van der Waals surface area (Å²) in [5.41, 5.74) is 0.665. The van der Waals surface area contributed by atoms with Gasteiger partial charge in [0.25, 0.3) is 5.91 Å². The van der Waals surface area contributed by atoms with Gasteiger partial charge in [-0.05, 0) is 38.1 Å². The summed E-state index contributed by atoms with van der Waals surface area (Å²) in [5.74, 6) is 0.407. The van der Waals surface area contributed by atoms with Crippen LogP contribution in [0.3, 0.4) is 0 Å². The third-order valence-corrected chi connectivity index (χ3v) is 4.83. The zero-order valence-corrected chi connectivity index (χ0v) is 17.4. The molecule has 0 unspecified atom stereocenters. The first-order valence-corrected chi connectivity index (χ1v) is 9.32. The van der Waals surface area contributed by atoms with Crippen LogP contribution >= 0.6 is 11.6 Å². The van der Waals surface area contributed by atoms with E-state index in [9.17, 15) is 9.59 Å². The Balaban J connectivity index is 1.74. The quantitative estimate of drug-likeness (QED) is 0.784. The summed E-state index contributed by atoms with van der Waals surface area (Å²) in [7, 11) is 3.06. The molecule has 152 valence electrons. The molecule has 29 heavy (non-hydrogen) atoms. The third kappa shape index (κ3) is 4.35. The Morgan fingerprint density at radius 3 is 2.38 bits per heavy atom. The number of amides is 2. The number of carbonyl (C=O) groups excluding carboxylic acids is 2. The van der Waals surface area contributed by atoms with Gasteiger partial charge in [0.2, 0.25) is 5.91 Å². The number of ether oxygens (including phenoxy) is 2. The summed E-state index contributed by atoms with van der Waals surface area (Å²) >= 11 is 5.92. The minimum Gasteiger partial charge on any atom is -0.493 e. The molecular weight excluding hydrogens is 394 g/mol. The number of halogens is 1. The number of benzene rings is 2. The maximum absolute atomic E-state index is 12.9. The highest BCUT2D eigenvalue weighted by molar-refractivity contribution is 6.47. The molecule has 1 N–H and O–H groups in total. The maximum Gasteiger partial charge on any atom is 0.275 e. The van der Waals surface area contributed by atoms with Gasteiger partial charge < -0.3 is 19.7 Å². The number of hydrogen-bond donors (Lipinski definition) is 1. The summed E-state index contributed by atoms with van der Waals surface area (Å²) in [4.78, 5) is 31.5. The van der Waals surface area contributed by atoms with E-state index < -0.39 is 5.66 Å². The second kappa shape index (κ2) is 8.13. The van der Waals surface area contributed by atoms with Gasteiger partial charge in [-0.3, -0.25) is 14.6 Å². The highest BCUT2D eigenvalue weighted by Crippen LogP contribution is 2.30. The van der Waals surface area contributed by atoms with Crippen molar-refractivity contribution in [3.8, 4) is 11.5 Å². The molecule has 2 aromatic rings. The van der Waals surface area contributed by atoms with Gasteiger partial charge in [-0.2, -0.15) is 0 Å². The molecule has 0 atom stereocenters. The first-order valence-electron chi connectivity index (χ1n) is 8.95. The predicted octanol–water partition coefficient (Wildman–Crippen LogP) is 3.36. The molecule has 8 heteroatoms. The average molecular weight is 416 g/mol. The number of aliphatic imine (C=N–C) groups is 1. The van der Waals surface area contributed by atoms with Gasteiger partial charge in [0.05, 0.1) is 14.2 Å². The molecule has 0 saturated carbocycles. The topological polar surface area (TPSA) is 80.2 Å². The zero-order chi connectivity index (χ0) is 21.2. The number of anilines is 1. The highest BCUT2D eigenvalue weighted by Gasteiger charge is 2.41. The van der Waals surface area contributed by atoms with E-state index in [1.807, 2.05) is 0 Å². The summed E-state index contributed by atoms with van der Waals surface area (Å²) in [6.07, 6.45) is 0. The number of carbonyl (C=O) groups is 2.